The van der Waals surface area contributed by atoms with Gasteiger partial charge in [-0.25, -0.2) is 0 Å². The lowest BCUT2D eigenvalue weighted by Crippen LogP contribution is -2.32. The Bertz CT molecular complexity index is 686. The van der Waals surface area contributed by atoms with Gasteiger partial charge < -0.3 is 4.90 Å². The number of hydrogen-bond donors (Lipinski definition) is 0. The van der Waals surface area contributed by atoms with Gasteiger partial charge in [0.1, 0.15) is 0 Å². The van der Waals surface area contributed by atoms with Crippen LogP contribution in [0.2, 0.25) is 5.02 Å². The summed E-state index contributed by atoms with van der Waals surface area (Å²) in [5.74, 6) is 1.07. The lowest BCUT2D eigenvalue weighted by molar-refractivity contribution is 0.0766. The third-order valence-electron chi connectivity index (χ3n) is 4.26. The van der Waals surface area contributed by atoms with E-state index in [1.807, 2.05) is 28.8 Å². The molecule has 0 N–H and O–H groups in total. The molecule has 0 radical (unpaired) electrons. The van der Waals surface area contributed by atoms with Crippen LogP contribution in [0.1, 0.15) is 33.2 Å². The Morgan fingerprint density at radius 2 is 1.87 bits per heavy atom. The largest absolute Gasteiger partial charge is 0.338 e. The minimum absolute atomic E-state index is 0.104. The van der Waals surface area contributed by atoms with Gasteiger partial charge in [-0.1, -0.05) is 35.9 Å². The first-order valence-electron chi connectivity index (χ1n) is 7.87. The summed E-state index contributed by atoms with van der Waals surface area (Å²) < 4.78 is 0. The molecule has 2 nitrogen and oxygen atoms in total. The van der Waals surface area contributed by atoms with Gasteiger partial charge in [0.15, 0.2) is 0 Å². The molecular formula is C19H20ClNOS. The van der Waals surface area contributed by atoms with Crippen molar-refractivity contribution in [2.24, 2.45) is 0 Å². The molecule has 1 aliphatic rings. The summed E-state index contributed by atoms with van der Waals surface area (Å²) in [6.45, 7) is 3.76. The Kier molecular flexibility index (Phi) is 5.29. The van der Waals surface area contributed by atoms with Gasteiger partial charge >= 0.3 is 0 Å². The number of carbonyl (C=O) groups is 1. The predicted octanol–water partition coefficient (Wildman–Crippen LogP) is 4.97. The molecule has 4 heteroatoms. The smallest absolute Gasteiger partial charge is 0.253 e. The Hall–Kier alpha value is -1.45. The number of rotatable bonds is 2. The molecule has 1 heterocycles. The van der Waals surface area contributed by atoms with Crippen LogP contribution in [0.4, 0.5) is 0 Å². The second-order valence-electron chi connectivity index (χ2n) is 5.80. The van der Waals surface area contributed by atoms with Crippen molar-refractivity contribution in [1.29, 1.82) is 0 Å². The van der Waals surface area contributed by atoms with E-state index in [0.29, 0.717) is 15.8 Å². The van der Waals surface area contributed by atoms with E-state index in [4.69, 9.17) is 11.6 Å². The number of thioether (sulfide) groups is 1. The van der Waals surface area contributed by atoms with Crippen molar-refractivity contribution in [1.82, 2.24) is 4.90 Å². The fourth-order valence-corrected chi connectivity index (χ4v) is 4.40. The van der Waals surface area contributed by atoms with Crippen LogP contribution in [0, 0.1) is 6.92 Å². The normalized spacial score (nSPS) is 18.5. The van der Waals surface area contributed by atoms with Crippen LogP contribution in [0.5, 0.6) is 0 Å². The molecular weight excluding hydrogens is 326 g/mol. The summed E-state index contributed by atoms with van der Waals surface area (Å²) >= 11 is 7.86. The second-order valence-corrected chi connectivity index (χ2v) is 7.55. The Morgan fingerprint density at radius 3 is 2.61 bits per heavy atom. The molecule has 1 aliphatic heterocycles. The van der Waals surface area contributed by atoms with Gasteiger partial charge in [-0.3, -0.25) is 4.79 Å². The third-order valence-corrected chi connectivity index (χ3v) is 5.82. The van der Waals surface area contributed by atoms with Crippen molar-refractivity contribution in [3.8, 4) is 0 Å². The number of amides is 1. The fourth-order valence-electron chi connectivity index (χ4n) is 2.94. The molecule has 1 saturated heterocycles. The molecule has 0 saturated carbocycles. The first kappa shape index (κ1) is 16.4. The van der Waals surface area contributed by atoms with Gasteiger partial charge in [-0.15, -0.1) is 0 Å². The van der Waals surface area contributed by atoms with E-state index in [2.05, 4.69) is 31.2 Å². The maximum atomic E-state index is 12.6. The zero-order valence-corrected chi connectivity index (χ0v) is 14.7. The predicted molar refractivity (Wildman–Crippen MR) is 98.4 cm³/mol. The maximum absolute atomic E-state index is 12.6. The molecule has 1 atom stereocenters. The Morgan fingerprint density at radius 1 is 1.13 bits per heavy atom. The van der Waals surface area contributed by atoms with Crippen LogP contribution in [0.15, 0.2) is 48.5 Å². The van der Waals surface area contributed by atoms with Gasteiger partial charge in [0.25, 0.3) is 5.91 Å². The van der Waals surface area contributed by atoms with E-state index in [9.17, 15) is 4.79 Å². The van der Waals surface area contributed by atoms with Crippen molar-refractivity contribution < 1.29 is 4.79 Å². The van der Waals surface area contributed by atoms with Crippen LogP contribution in [-0.4, -0.2) is 29.6 Å². The molecule has 3 rings (SSSR count). The second kappa shape index (κ2) is 7.41. The molecule has 120 valence electrons. The van der Waals surface area contributed by atoms with Gasteiger partial charge in [-0.05, 0) is 48.7 Å². The van der Waals surface area contributed by atoms with E-state index in [0.717, 1.165) is 25.3 Å². The molecule has 0 aromatic heterocycles. The number of aryl methyl sites for hydroxylation is 1. The van der Waals surface area contributed by atoms with E-state index in [1.54, 1.807) is 12.1 Å². The number of benzene rings is 2. The highest BCUT2D eigenvalue weighted by atomic mass is 35.5. The van der Waals surface area contributed by atoms with Gasteiger partial charge in [0, 0.05) is 34.7 Å². The monoisotopic (exact) mass is 345 g/mol. The summed E-state index contributed by atoms with van der Waals surface area (Å²) in [4.78, 5) is 14.6. The summed E-state index contributed by atoms with van der Waals surface area (Å²) in [6, 6.07) is 15.7. The summed E-state index contributed by atoms with van der Waals surface area (Å²) in [5, 5.41) is 1.13. The van der Waals surface area contributed by atoms with Gasteiger partial charge in [-0.2, -0.15) is 11.8 Å². The summed E-state index contributed by atoms with van der Waals surface area (Å²) in [6.07, 6.45) is 0.995. The van der Waals surface area contributed by atoms with Crippen LogP contribution in [0.3, 0.4) is 0 Å². The minimum atomic E-state index is 0.104. The highest BCUT2D eigenvalue weighted by Crippen LogP contribution is 2.36. The molecule has 23 heavy (non-hydrogen) atoms. The minimum Gasteiger partial charge on any atom is -0.338 e. The fraction of sp³-hybridized carbons (Fsp3) is 0.316. The molecule has 0 unspecified atom stereocenters. The number of halogens is 1. The Balaban J connectivity index is 1.70. The number of nitrogens with zero attached hydrogens (tertiary/aromatic N) is 1. The van der Waals surface area contributed by atoms with Gasteiger partial charge in [0.05, 0.1) is 0 Å². The average molecular weight is 346 g/mol. The average Bonchev–Trinajstić information content (AvgIpc) is 2.81. The van der Waals surface area contributed by atoms with Crippen molar-refractivity contribution in [2.45, 2.75) is 18.6 Å². The lowest BCUT2D eigenvalue weighted by Gasteiger charge is -2.20. The van der Waals surface area contributed by atoms with E-state index < -0.39 is 0 Å². The molecule has 1 fully saturated rings. The highest BCUT2D eigenvalue weighted by Gasteiger charge is 2.23. The van der Waals surface area contributed by atoms with Crippen molar-refractivity contribution in [3.63, 3.8) is 0 Å². The molecule has 0 spiro atoms. The molecule has 2 aromatic rings. The first-order chi connectivity index (χ1) is 11.1. The third kappa shape index (κ3) is 3.91. The van der Waals surface area contributed by atoms with Crippen LogP contribution in [-0.2, 0) is 0 Å². The van der Waals surface area contributed by atoms with Crippen LogP contribution >= 0.6 is 23.4 Å². The standard InChI is InChI=1S/C19H20ClNOS/c1-14-4-2-3-5-17(14)18-10-11-21(12-13-23-18)19(22)15-6-8-16(20)9-7-15/h2-9,18H,10-13H2,1H3/t18-/m1/s1. The van der Waals surface area contributed by atoms with Crippen molar-refractivity contribution >= 4 is 29.3 Å². The summed E-state index contributed by atoms with van der Waals surface area (Å²) in [5.41, 5.74) is 3.45. The van der Waals surface area contributed by atoms with Crippen molar-refractivity contribution in [3.05, 3.63) is 70.2 Å². The van der Waals surface area contributed by atoms with E-state index >= 15 is 0 Å². The van der Waals surface area contributed by atoms with E-state index in [1.165, 1.54) is 11.1 Å². The molecule has 2 aromatic carbocycles. The first-order valence-corrected chi connectivity index (χ1v) is 9.30. The van der Waals surface area contributed by atoms with Crippen LogP contribution < -0.4 is 0 Å². The SMILES string of the molecule is Cc1ccccc1[C@H]1CCN(C(=O)c2ccc(Cl)cc2)CCS1. The zero-order valence-electron chi connectivity index (χ0n) is 13.2. The molecule has 0 aliphatic carbocycles. The lowest BCUT2D eigenvalue weighted by atomic mass is 10.0. The Labute approximate surface area is 146 Å². The topological polar surface area (TPSA) is 20.3 Å². The van der Waals surface area contributed by atoms with Crippen LogP contribution in [0.25, 0.3) is 0 Å². The quantitative estimate of drug-likeness (QED) is 0.766. The summed E-state index contributed by atoms with van der Waals surface area (Å²) in [7, 11) is 0. The maximum Gasteiger partial charge on any atom is 0.253 e. The molecule has 0 bridgehead atoms. The number of carbonyl (C=O) groups excluding carboxylic acids is 1. The van der Waals surface area contributed by atoms with Crippen molar-refractivity contribution in [2.75, 3.05) is 18.8 Å². The van der Waals surface area contributed by atoms with Gasteiger partial charge in [0.2, 0.25) is 0 Å². The molecule has 1 amide bonds. The highest BCUT2D eigenvalue weighted by molar-refractivity contribution is 7.99. The zero-order chi connectivity index (χ0) is 16.2. The number of hydrogen-bond acceptors (Lipinski definition) is 2. The van der Waals surface area contributed by atoms with E-state index in [-0.39, 0.29) is 5.91 Å².